The number of nitrogens with zero attached hydrogens (tertiary/aromatic N) is 1. The SMILES string of the molecule is CNS(=O)(=O)c1ccc(NCCc2ccc(Cl)s2)nc1. The third-order valence-electron chi connectivity index (χ3n) is 2.62. The van der Waals surface area contributed by atoms with Crippen molar-refractivity contribution in [2.45, 2.75) is 11.3 Å². The van der Waals surface area contributed by atoms with E-state index in [2.05, 4.69) is 15.0 Å². The number of thiophene rings is 1. The van der Waals surface area contributed by atoms with Crippen LogP contribution in [-0.4, -0.2) is 27.0 Å². The van der Waals surface area contributed by atoms with Gasteiger partial charge in [-0.1, -0.05) is 11.6 Å². The molecule has 20 heavy (non-hydrogen) atoms. The highest BCUT2D eigenvalue weighted by molar-refractivity contribution is 7.89. The summed E-state index contributed by atoms with van der Waals surface area (Å²) in [6.45, 7) is 0.710. The Labute approximate surface area is 127 Å². The van der Waals surface area contributed by atoms with Crippen LogP contribution in [0.25, 0.3) is 0 Å². The number of rotatable bonds is 6. The van der Waals surface area contributed by atoms with Gasteiger partial charge in [-0.2, -0.15) is 0 Å². The Bertz CT molecular complexity index is 668. The smallest absolute Gasteiger partial charge is 0.241 e. The van der Waals surface area contributed by atoms with Crippen molar-refractivity contribution in [3.63, 3.8) is 0 Å². The van der Waals surface area contributed by atoms with Crippen molar-refractivity contribution in [1.29, 1.82) is 0 Å². The van der Waals surface area contributed by atoms with E-state index in [1.54, 1.807) is 17.4 Å². The maximum Gasteiger partial charge on any atom is 0.241 e. The van der Waals surface area contributed by atoms with Crippen molar-refractivity contribution < 1.29 is 8.42 Å². The fourth-order valence-electron chi connectivity index (χ4n) is 1.56. The van der Waals surface area contributed by atoms with Crippen LogP contribution in [0.5, 0.6) is 0 Å². The lowest BCUT2D eigenvalue weighted by Crippen LogP contribution is -2.18. The molecular formula is C12H14ClN3O2S2. The number of halogens is 1. The molecule has 0 bridgehead atoms. The standard InChI is InChI=1S/C12H14ClN3O2S2/c1-14-20(17,18)10-3-5-12(16-8-10)15-7-6-9-2-4-11(13)19-9/h2-5,8,14H,6-7H2,1H3,(H,15,16). The molecule has 2 heterocycles. The molecule has 2 N–H and O–H groups in total. The first kappa shape index (κ1) is 15.2. The number of sulfonamides is 1. The maximum atomic E-state index is 11.5. The first-order chi connectivity index (χ1) is 9.51. The summed E-state index contributed by atoms with van der Waals surface area (Å²) < 4.78 is 26.1. The van der Waals surface area contributed by atoms with Gasteiger partial charge in [-0.3, -0.25) is 0 Å². The van der Waals surface area contributed by atoms with Gasteiger partial charge >= 0.3 is 0 Å². The molecule has 0 atom stereocenters. The Morgan fingerprint density at radius 2 is 2.10 bits per heavy atom. The molecular weight excluding hydrogens is 318 g/mol. The third-order valence-corrected chi connectivity index (χ3v) is 5.31. The minimum atomic E-state index is -3.43. The van der Waals surface area contributed by atoms with Crippen LogP contribution in [0.15, 0.2) is 35.4 Å². The van der Waals surface area contributed by atoms with Crippen molar-refractivity contribution in [3.8, 4) is 0 Å². The van der Waals surface area contributed by atoms with Gasteiger partial charge in [-0.15, -0.1) is 11.3 Å². The second kappa shape index (κ2) is 6.53. The van der Waals surface area contributed by atoms with Crippen LogP contribution in [0.1, 0.15) is 4.88 Å². The molecule has 0 saturated heterocycles. The highest BCUT2D eigenvalue weighted by Crippen LogP contribution is 2.21. The lowest BCUT2D eigenvalue weighted by Gasteiger charge is -2.06. The molecule has 0 aliphatic heterocycles. The van der Waals surface area contributed by atoms with E-state index in [-0.39, 0.29) is 4.90 Å². The molecule has 5 nitrogen and oxygen atoms in total. The molecule has 8 heteroatoms. The minimum absolute atomic E-state index is 0.149. The summed E-state index contributed by atoms with van der Waals surface area (Å²) in [6, 6.07) is 7.02. The number of aromatic nitrogens is 1. The number of anilines is 1. The van der Waals surface area contributed by atoms with E-state index in [9.17, 15) is 8.42 Å². The molecule has 0 aliphatic rings. The van der Waals surface area contributed by atoms with E-state index in [1.165, 1.54) is 24.2 Å². The average Bonchev–Trinajstić information content (AvgIpc) is 2.85. The Morgan fingerprint density at radius 3 is 2.65 bits per heavy atom. The fourth-order valence-corrected chi connectivity index (χ4v) is 3.32. The fraction of sp³-hybridized carbons (Fsp3) is 0.250. The third kappa shape index (κ3) is 3.92. The predicted octanol–water partition coefficient (Wildman–Crippen LogP) is 2.36. The van der Waals surface area contributed by atoms with Crippen molar-refractivity contribution in [3.05, 3.63) is 39.7 Å². The number of nitrogens with one attached hydrogen (secondary N) is 2. The van der Waals surface area contributed by atoms with Crippen molar-refractivity contribution in [2.75, 3.05) is 18.9 Å². The first-order valence-electron chi connectivity index (χ1n) is 5.89. The minimum Gasteiger partial charge on any atom is -0.370 e. The topological polar surface area (TPSA) is 71.1 Å². The van der Waals surface area contributed by atoms with Crippen LogP contribution in [0.4, 0.5) is 5.82 Å². The second-order valence-electron chi connectivity index (χ2n) is 3.97. The van der Waals surface area contributed by atoms with E-state index in [1.807, 2.05) is 12.1 Å². The molecule has 0 spiro atoms. The van der Waals surface area contributed by atoms with Crippen LogP contribution in [0, 0.1) is 0 Å². The number of hydrogen-bond acceptors (Lipinski definition) is 5. The second-order valence-corrected chi connectivity index (χ2v) is 7.66. The lowest BCUT2D eigenvalue weighted by atomic mass is 10.3. The van der Waals surface area contributed by atoms with E-state index >= 15 is 0 Å². The zero-order valence-corrected chi connectivity index (χ0v) is 13.1. The molecule has 0 saturated carbocycles. The lowest BCUT2D eigenvalue weighted by molar-refractivity contribution is 0.588. The zero-order valence-electron chi connectivity index (χ0n) is 10.8. The van der Waals surface area contributed by atoms with Gasteiger partial charge in [0.15, 0.2) is 0 Å². The van der Waals surface area contributed by atoms with E-state index in [0.29, 0.717) is 12.4 Å². The number of pyridine rings is 1. The quantitative estimate of drug-likeness (QED) is 0.852. The number of hydrogen-bond donors (Lipinski definition) is 2. The summed E-state index contributed by atoms with van der Waals surface area (Å²) >= 11 is 7.40. The normalized spacial score (nSPS) is 11.5. The molecule has 0 aliphatic carbocycles. The van der Waals surface area contributed by atoms with Crippen molar-refractivity contribution in [1.82, 2.24) is 9.71 Å². The van der Waals surface area contributed by atoms with Gasteiger partial charge in [0, 0.05) is 17.6 Å². The maximum absolute atomic E-state index is 11.5. The largest absolute Gasteiger partial charge is 0.370 e. The van der Waals surface area contributed by atoms with Crippen LogP contribution in [0.2, 0.25) is 4.34 Å². The van der Waals surface area contributed by atoms with Gasteiger partial charge in [-0.25, -0.2) is 18.1 Å². The van der Waals surface area contributed by atoms with Crippen LogP contribution < -0.4 is 10.0 Å². The molecule has 2 aromatic heterocycles. The Hall–Kier alpha value is -1.15. The highest BCUT2D eigenvalue weighted by atomic mass is 35.5. The van der Waals surface area contributed by atoms with Gasteiger partial charge < -0.3 is 5.32 Å². The Morgan fingerprint density at radius 1 is 1.30 bits per heavy atom. The molecule has 108 valence electrons. The molecule has 0 fully saturated rings. The summed E-state index contributed by atoms with van der Waals surface area (Å²) in [5, 5.41) is 3.14. The summed E-state index contributed by atoms with van der Waals surface area (Å²) in [7, 11) is -2.06. The molecule has 0 radical (unpaired) electrons. The van der Waals surface area contributed by atoms with Crippen molar-refractivity contribution >= 4 is 38.8 Å². The summed E-state index contributed by atoms with van der Waals surface area (Å²) in [5.41, 5.74) is 0. The molecule has 0 unspecified atom stereocenters. The summed E-state index contributed by atoms with van der Waals surface area (Å²) in [5.74, 6) is 0.641. The van der Waals surface area contributed by atoms with Crippen molar-refractivity contribution in [2.24, 2.45) is 0 Å². The summed E-state index contributed by atoms with van der Waals surface area (Å²) in [4.78, 5) is 5.42. The van der Waals surface area contributed by atoms with E-state index < -0.39 is 10.0 Å². The van der Waals surface area contributed by atoms with Crippen LogP contribution in [-0.2, 0) is 16.4 Å². The zero-order chi connectivity index (χ0) is 14.6. The van der Waals surface area contributed by atoms with Gasteiger partial charge in [0.1, 0.15) is 10.7 Å². The first-order valence-corrected chi connectivity index (χ1v) is 8.57. The van der Waals surface area contributed by atoms with Gasteiger partial charge in [0.05, 0.1) is 4.34 Å². The van der Waals surface area contributed by atoms with E-state index in [0.717, 1.165) is 10.8 Å². The summed E-state index contributed by atoms with van der Waals surface area (Å²) in [6.07, 6.45) is 2.17. The molecule has 2 rings (SSSR count). The average molecular weight is 332 g/mol. The van der Waals surface area contributed by atoms with Crippen LogP contribution in [0.3, 0.4) is 0 Å². The molecule has 0 aromatic carbocycles. The Balaban J connectivity index is 1.91. The Kier molecular flexibility index (Phi) is 4.98. The predicted molar refractivity (Wildman–Crippen MR) is 82.0 cm³/mol. The highest BCUT2D eigenvalue weighted by Gasteiger charge is 2.11. The van der Waals surface area contributed by atoms with Crippen LogP contribution >= 0.6 is 22.9 Å². The van der Waals surface area contributed by atoms with Gasteiger partial charge in [0.25, 0.3) is 0 Å². The molecule has 2 aromatic rings. The van der Waals surface area contributed by atoms with E-state index in [4.69, 9.17) is 11.6 Å². The molecule has 0 amide bonds. The van der Waals surface area contributed by atoms with Gasteiger partial charge in [-0.05, 0) is 37.7 Å². The van der Waals surface area contributed by atoms with Gasteiger partial charge in [0.2, 0.25) is 10.0 Å². The monoisotopic (exact) mass is 331 g/mol.